The number of anilines is 3. The summed E-state index contributed by atoms with van der Waals surface area (Å²) >= 11 is 3.71. The molecule has 0 spiro atoms. The summed E-state index contributed by atoms with van der Waals surface area (Å²) in [5, 5.41) is 5.28. The van der Waals surface area contributed by atoms with Crippen molar-refractivity contribution < 1.29 is 4.42 Å². The Morgan fingerprint density at radius 3 is 1.11 bits per heavy atom. The number of oxazole rings is 1. The largest absolute Gasteiger partial charge is 0.436 e. The topological polar surface area (TPSA) is 29.3 Å². The smallest absolute Gasteiger partial charge is 0.227 e. The molecule has 3 aromatic heterocycles. The molecule has 5 heteroatoms. The third-order valence-electron chi connectivity index (χ3n) is 12.8. The van der Waals surface area contributed by atoms with Crippen LogP contribution in [0, 0.1) is 0 Å². The molecule has 0 bridgehead atoms. The van der Waals surface area contributed by atoms with Crippen molar-refractivity contribution in [3.05, 3.63) is 231 Å². The lowest BCUT2D eigenvalue weighted by molar-refractivity contribution is 0.620. The number of rotatable bonds is 8. The molecule has 66 heavy (non-hydrogen) atoms. The Bertz CT molecular complexity index is 3670. The molecule has 0 N–H and O–H groups in total. The zero-order chi connectivity index (χ0) is 43.6. The van der Waals surface area contributed by atoms with E-state index in [-0.39, 0.29) is 0 Å². The molecule has 0 saturated carbocycles. The average Bonchev–Trinajstić information content (AvgIpc) is 4.11. The van der Waals surface area contributed by atoms with Gasteiger partial charge in [-0.3, -0.25) is 0 Å². The molecule has 3 nitrogen and oxygen atoms in total. The molecule has 0 unspecified atom stereocenters. The van der Waals surface area contributed by atoms with Gasteiger partial charge in [0.1, 0.15) is 5.52 Å². The minimum Gasteiger partial charge on any atom is -0.436 e. The molecular formula is C61H38N2OS2. The minimum absolute atomic E-state index is 0.612. The summed E-state index contributed by atoms with van der Waals surface area (Å²) in [7, 11) is 0. The fraction of sp³-hybridized carbons (Fsp3) is 0. The number of benzene rings is 10. The summed E-state index contributed by atoms with van der Waals surface area (Å²) in [4.78, 5) is 7.07. The van der Waals surface area contributed by atoms with Gasteiger partial charge >= 0.3 is 0 Å². The van der Waals surface area contributed by atoms with Crippen molar-refractivity contribution in [1.29, 1.82) is 0 Å². The monoisotopic (exact) mass is 878 g/mol. The number of fused-ring (bicyclic) bond motifs is 7. The number of nitrogens with zero attached hydrogens (tertiary/aromatic N) is 2. The summed E-state index contributed by atoms with van der Waals surface area (Å²) in [6.07, 6.45) is 0. The molecule has 10 aromatic carbocycles. The average molecular weight is 879 g/mol. The summed E-state index contributed by atoms with van der Waals surface area (Å²) in [6.45, 7) is 0. The third-order valence-corrected chi connectivity index (χ3v) is 15.1. The van der Waals surface area contributed by atoms with Gasteiger partial charge in [0, 0.05) is 63.0 Å². The second kappa shape index (κ2) is 15.9. The molecule has 0 aliphatic carbocycles. The van der Waals surface area contributed by atoms with E-state index in [2.05, 4.69) is 211 Å². The highest BCUT2D eigenvalue weighted by Crippen LogP contribution is 2.41. The Morgan fingerprint density at radius 2 is 0.652 bits per heavy atom. The van der Waals surface area contributed by atoms with E-state index in [1.54, 1.807) is 0 Å². The second-order valence-corrected chi connectivity index (χ2v) is 18.9. The van der Waals surface area contributed by atoms with E-state index in [1.165, 1.54) is 84.9 Å². The van der Waals surface area contributed by atoms with Crippen LogP contribution in [0.25, 0.3) is 107 Å². The maximum atomic E-state index is 6.13. The lowest BCUT2D eigenvalue weighted by Crippen LogP contribution is -2.09. The Balaban J connectivity index is 0.800. The molecule has 0 radical (unpaired) electrons. The molecule has 0 fully saturated rings. The van der Waals surface area contributed by atoms with Gasteiger partial charge in [-0.15, -0.1) is 22.7 Å². The van der Waals surface area contributed by atoms with Gasteiger partial charge < -0.3 is 9.32 Å². The van der Waals surface area contributed by atoms with Crippen molar-refractivity contribution in [2.24, 2.45) is 0 Å². The Labute approximate surface area is 389 Å². The van der Waals surface area contributed by atoms with Gasteiger partial charge in [0.2, 0.25) is 5.89 Å². The molecular weight excluding hydrogens is 841 g/mol. The van der Waals surface area contributed by atoms with Crippen molar-refractivity contribution in [1.82, 2.24) is 4.98 Å². The molecule has 13 rings (SSSR count). The summed E-state index contributed by atoms with van der Waals surface area (Å²) in [5.74, 6) is 0.612. The van der Waals surface area contributed by atoms with E-state index in [9.17, 15) is 0 Å². The van der Waals surface area contributed by atoms with Crippen molar-refractivity contribution in [2.45, 2.75) is 0 Å². The van der Waals surface area contributed by atoms with Crippen molar-refractivity contribution in [3.63, 3.8) is 0 Å². The zero-order valence-corrected chi connectivity index (χ0v) is 37.2. The normalized spacial score (nSPS) is 11.6. The fourth-order valence-electron chi connectivity index (χ4n) is 9.32. The summed E-state index contributed by atoms with van der Waals surface area (Å²) in [6, 6.07) is 83.1. The van der Waals surface area contributed by atoms with Crippen LogP contribution in [0.4, 0.5) is 17.1 Å². The van der Waals surface area contributed by atoms with E-state index in [0.717, 1.165) is 33.7 Å². The predicted octanol–water partition coefficient (Wildman–Crippen LogP) is 18.4. The number of aromatic nitrogens is 1. The number of thiophene rings is 2. The highest BCUT2D eigenvalue weighted by Gasteiger charge is 2.16. The predicted molar refractivity (Wildman–Crippen MR) is 282 cm³/mol. The van der Waals surface area contributed by atoms with Crippen LogP contribution in [0.5, 0.6) is 0 Å². The minimum atomic E-state index is 0.612. The van der Waals surface area contributed by atoms with Gasteiger partial charge in [-0.1, -0.05) is 133 Å². The van der Waals surface area contributed by atoms with E-state index in [4.69, 9.17) is 9.40 Å². The quantitative estimate of drug-likeness (QED) is 0.152. The van der Waals surface area contributed by atoms with Gasteiger partial charge in [0.05, 0.1) is 0 Å². The van der Waals surface area contributed by atoms with Crippen molar-refractivity contribution >= 4 is 91.2 Å². The van der Waals surface area contributed by atoms with Gasteiger partial charge in [0.25, 0.3) is 0 Å². The van der Waals surface area contributed by atoms with E-state index >= 15 is 0 Å². The Hall–Kier alpha value is -8.09. The van der Waals surface area contributed by atoms with Gasteiger partial charge in [-0.2, -0.15) is 0 Å². The molecule has 0 aliphatic rings. The maximum Gasteiger partial charge on any atom is 0.227 e. The highest BCUT2D eigenvalue weighted by molar-refractivity contribution is 7.26. The molecule has 0 aliphatic heterocycles. The number of hydrogen-bond acceptors (Lipinski definition) is 5. The van der Waals surface area contributed by atoms with Crippen LogP contribution in [0.3, 0.4) is 0 Å². The van der Waals surface area contributed by atoms with Crippen LogP contribution in [0.15, 0.2) is 235 Å². The Kier molecular flexibility index (Phi) is 9.22. The lowest BCUT2D eigenvalue weighted by atomic mass is 9.98. The first kappa shape index (κ1) is 38.4. The molecule has 3 heterocycles. The standard InChI is InChI=1S/C61H38N2OS2/c1-5-11-57-51(7-1)53-37-46(27-35-59(53)65-57)43-17-13-39(14-18-43)41-21-29-48(30-22-41)63(50-33-25-45(26-34-50)61-62-55-9-3-4-10-56(55)64-61)49-31-23-42(24-32-49)40-15-19-44(20-16-40)47-28-36-60-54(38-47)52-8-2-6-12-58(52)66-60/h1-38H. The number of para-hydroxylation sites is 2. The SMILES string of the molecule is c1ccc2oc(-c3ccc(N(c4ccc(-c5ccc(-c6ccc7sc8ccccc8c7c6)cc5)cc4)c4ccc(-c5ccc(-c6ccc7sc8ccccc8c7c6)cc5)cc4)cc3)nc2c1. The lowest BCUT2D eigenvalue weighted by Gasteiger charge is -2.26. The third kappa shape index (κ3) is 6.85. The van der Waals surface area contributed by atoms with Gasteiger partial charge in [-0.05, 0) is 142 Å². The van der Waals surface area contributed by atoms with Crippen LogP contribution >= 0.6 is 22.7 Å². The zero-order valence-electron chi connectivity index (χ0n) is 35.6. The molecule has 310 valence electrons. The van der Waals surface area contributed by atoms with E-state index in [1.807, 2.05) is 46.9 Å². The van der Waals surface area contributed by atoms with Crippen LogP contribution in [0.1, 0.15) is 0 Å². The maximum absolute atomic E-state index is 6.13. The first-order valence-electron chi connectivity index (χ1n) is 22.2. The summed E-state index contributed by atoms with van der Waals surface area (Å²) < 4.78 is 11.4. The second-order valence-electron chi connectivity index (χ2n) is 16.7. The first-order chi connectivity index (χ1) is 32.6. The van der Waals surface area contributed by atoms with Gasteiger partial charge in [-0.25, -0.2) is 4.98 Å². The fourth-order valence-corrected chi connectivity index (χ4v) is 11.5. The molecule has 13 aromatic rings. The van der Waals surface area contributed by atoms with Crippen LogP contribution in [-0.2, 0) is 0 Å². The van der Waals surface area contributed by atoms with E-state index in [0.29, 0.717) is 5.89 Å². The Morgan fingerprint density at radius 1 is 0.303 bits per heavy atom. The van der Waals surface area contributed by atoms with Crippen LogP contribution in [0.2, 0.25) is 0 Å². The van der Waals surface area contributed by atoms with Crippen LogP contribution in [-0.4, -0.2) is 4.98 Å². The van der Waals surface area contributed by atoms with Crippen LogP contribution < -0.4 is 4.90 Å². The van der Waals surface area contributed by atoms with Gasteiger partial charge in [0.15, 0.2) is 5.58 Å². The summed E-state index contributed by atoms with van der Waals surface area (Å²) in [5.41, 5.74) is 15.3. The van der Waals surface area contributed by atoms with Crippen molar-refractivity contribution in [2.75, 3.05) is 4.90 Å². The molecule has 0 amide bonds. The van der Waals surface area contributed by atoms with E-state index < -0.39 is 0 Å². The van der Waals surface area contributed by atoms with Crippen molar-refractivity contribution in [3.8, 4) is 56.0 Å². The number of hydrogen-bond donors (Lipinski definition) is 0. The first-order valence-corrected chi connectivity index (χ1v) is 23.8. The molecule has 0 atom stereocenters. The highest BCUT2D eigenvalue weighted by atomic mass is 32.1. The molecule has 0 saturated heterocycles.